The Morgan fingerprint density at radius 2 is 2.12 bits per heavy atom. The monoisotopic (exact) mass is 238 g/mol. The number of pyridine rings is 1. The standard InChI is InChI=1S/C12H15FN2O2/c13-11-5-14-2-1-10(11)12(16)3-8-6-17-7-9(4-12)15-8/h1-2,5,8-9,15-16H,3-4,6-7H2. The van der Waals surface area contributed by atoms with Crippen molar-refractivity contribution in [3.05, 3.63) is 29.8 Å². The fraction of sp³-hybridized carbons (Fsp3) is 0.583. The largest absolute Gasteiger partial charge is 0.385 e. The van der Waals surface area contributed by atoms with Gasteiger partial charge in [-0.2, -0.15) is 0 Å². The van der Waals surface area contributed by atoms with Crippen molar-refractivity contribution >= 4 is 0 Å². The van der Waals surface area contributed by atoms with Gasteiger partial charge in [0, 0.05) is 23.8 Å². The number of nitrogens with zero attached hydrogens (tertiary/aromatic N) is 1. The molecule has 2 atom stereocenters. The summed E-state index contributed by atoms with van der Waals surface area (Å²) in [5, 5.41) is 14.0. The maximum absolute atomic E-state index is 13.7. The first-order valence-corrected chi connectivity index (χ1v) is 5.83. The number of halogens is 1. The quantitative estimate of drug-likeness (QED) is 0.750. The second kappa shape index (κ2) is 4.01. The van der Waals surface area contributed by atoms with E-state index in [0.29, 0.717) is 31.6 Å². The minimum atomic E-state index is -1.10. The van der Waals surface area contributed by atoms with Crippen LogP contribution in [0.25, 0.3) is 0 Å². The number of aliphatic hydroxyl groups is 1. The maximum atomic E-state index is 13.7. The number of rotatable bonds is 1. The van der Waals surface area contributed by atoms with Crippen molar-refractivity contribution < 1.29 is 14.2 Å². The van der Waals surface area contributed by atoms with E-state index in [1.165, 1.54) is 6.20 Å². The smallest absolute Gasteiger partial charge is 0.147 e. The van der Waals surface area contributed by atoms with Crippen LogP contribution in [0.2, 0.25) is 0 Å². The van der Waals surface area contributed by atoms with Crippen molar-refractivity contribution in [2.45, 2.75) is 30.5 Å². The first-order chi connectivity index (χ1) is 8.17. The van der Waals surface area contributed by atoms with Gasteiger partial charge in [-0.05, 0) is 18.9 Å². The number of hydrogen-bond donors (Lipinski definition) is 2. The third kappa shape index (κ3) is 1.94. The van der Waals surface area contributed by atoms with E-state index in [1.807, 2.05) is 0 Å². The minimum absolute atomic E-state index is 0.0973. The number of fused-ring (bicyclic) bond motifs is 2. The topological polar surface area (TPSA) is 54.4 Å². The fourth-order valence-electron chi connectivity index (χ4n) is 2.89. The number of hydrogen-bond acceptors (Lipinski definition) is 4. The summed E-state index contributed by atoms with van der Waals surface area (Å²) in [6, 6.07) is 1.76. The van der Waals surface area contributed by atoms with Crippen LogP contribution in [0.4, 0.5) is 4.39 Å². The van der Waals surface area contributed by atoms with Gasteiger partial charge in [-0.25, -0.2) is 4.39 Å². The number of aromatic nitrogens is 1. The number of ether oxygens (including phenoxy) is 1. The molecule has 0 aromatic carbocycles. The Labute approximate surface area is 98.8 Å². The zero-order valence-electron chi connectivity index (χ0n) is 9.40. The predicted molar refractivity (Wildman–Crippen MR) is 58.9 cm³/mol. The molecule has 1 aromatic heterocycles. The van der Waals surface area contributed by atoms with Crippen molar-refractivity contribution in [2.24, 2.45) is 0 Å². The number of piperidine rings is 1. The van der Waals surface area contributed by atoms with E-state index >= 15 is 0 Å². The van der Waals surface area contributed by atoms with Crippen LogP contribution < -0.4 is 5.32 Å². The molecule has 0 aliphatic carbocycles. The highest BCUT2D eigenvalue weighted by atomic mass is 19.1. The van der Waals surface area contributed by atoms with Crippen LogP contribution in [0.15, 0.2) is 18.5 Å². The second-order valence-electron chi connectivity index (χ2n) is 4.89. The minimum Gasteiger partial charge on any atom is -0.385 e. The summed E-state index contributed by atoms with van der Waals surface area (Å²) in [5.41, 5.74) is -0.747. The van der Waals surface area contributed by atoms with Gasteiger partial charge in [-0.3, -0.25) is 4.98 Å². The van der Waals surface area contributed by atoms with Crippen molar-refractivity contribution in [1.82, 2.24) is 10.3 Å². The lowest BCUT2D eigenvalue weighted by atomic mass is 9.78. The Bertz CT molecular complexity index is 415. The molecule has 92 valence electrons. The van der Waals surface area contributed by atoms with E-state index in [-0.39, 0.29) is 12.1 Å². The molecule has 1 aromatic rings. The van der Waals surface area contributed by atoms with Crippen molar-refractivity contribution in [1.29, 1.82) is 0 Å². The van der Waals surface area contributed by atoms with E-state index in [1.54, 1.807) is 6.07 Å². The van der Waals surface area contributed by atoms with E-state index in [0.717, 1.165) is 6.20 Å². The molecule has 17 heavy (non-hydrogen) atoms. The molecule has 5 heteroatoms. The van der Waals surface area contributed by atoms with Crippen molar-refractivity contribution in [2.75, 3.05) is 13.2 Å². The molecule has 2 saturated heterocycles. The highest BCUT2D eigenvalue weighted by Gasteiger charge is 2.43. The lowest BCUT2D eigenvalue weighted by Gasteiger charge is -2.45. The Balaban J connectivity index is 1.93. The molecule has 2 aliphatic rings. The summed E-state index contributed by atoms with van der Waals surface area (Å²) in [5.74, 6) is -0.434. The zero-order valence-corrected chi connectivity index (χ0v) is 9.40. The van der Waals surface area contributed by atoms with Gasteiger partial charge < -0.3 is 15.2 Å². The molecule has 0 spiro atoms. The molecular formula is C12H15FN2O2. The molecule has 0 radical (unpaired) electrons. The Morgan fingerprint density at radius 3 is 2.76 bits per heavy atom. The summed E-state index contributed by atoms with van der Waals surface area (Å²) in [7, 11) is 0. The third-order valence-corrected chi connectivity index (χ3v) is 3.55. The first-order valence-electron chi connectivity index (χ1n) is 5.83. The first kappa shape index (κ1) is 11.1. The molecule has 0 amide bonds. The normalized spacial score (nSPS) is 36.8. The van der Waals surface area contributed by atoms with Crippen LogP contribution in [0.3, 0.4) is 0 Å². The molecule has 2 bridgehead atoms. The van der Waals surface area contributed by atoms with Crippen molar-refractivity contribution in [3.8, 4) is 0 Å². The Morgan fingerprint density at radius 1 is 1.41 bits per heavy atom. The lowest BCUT2D eigenvalue weighted by Crippen LogP contribution is -2.58. The summed E-state index contributed by atoms with van der Waals surface area (Å²) >= 11 is 0. The van der Waals surface area contributed by atoms with E-state index < -0.39 is 11.4 Å². The third-order valence-electron chi connectivity index (χ3n) is 3.55. The van der Waals surface area contributed by atoms with Gasteiger partial charge in [-0.1, -0.05) is 0 Å². The number of morpholine rings is 1. The van der Waals surface area contributed by atoms with Crippen LogP contribution in [-0.2, 0) is 10.3 Å². The van der Waals surface area contributed by atoms with E-state index in [4.69, 9.17) is 4.74 Å². The van der Waals surface area contributed by atoms with E-state index in [2.05, 4.69) is 10.3 Å². The zero-order chi connectivity index (χ0) is 11.9. The summed E-state index contributed by atoms with van der Waals surface area (Å²) in [6.07, 6.45) is 3.63. The fourth-order valence-corrected chi connectivity index (χ4v) is 2.89. The van der Waals surface area contributed by atoms with Gasteiger partial charge in [-0.15, -0.1) is 0 Å². The SMILES string of the molecule is OC1(c2ccncc2F)CC2COCC(C1)N2. The molecular weight excluding hydrogens is 223 g/mol. The average Bonchev–Trinajstić information content (AvgIpc) is 2.28. The molecule has 2 fully saturated rings. The van der Waals surface area contributed by atoms with Crippen LogP contribution >= 0.6 is 0 Å². The predicted octanol–water partition coefficient (Wildman–Crippen LogP) is 0.559. The second-order valence-corrected chi connectivity index (χ2v) is 4.89. The average molecular weight is 238 g/mol. The van der Waals surface area contributed by atoms with Crippen LogP contribution in [0, 0.1) is 5.82 Å². The number of nitrogens with one attached hydrogen (secondary N) is 1. The molecule has 0 saturated carbocycles. The molecule has 4 nitrogen and oxygen atoms in total. The summed E-state index contributed by atoms with van der Waals surface area (Å²) in [4.78, 5) is 3.72. The van der Waals surface area contributed by atoms with Gasteiger partial charge in [0.15, 0.2) is 0 Å². The van der Waals surface area contributed by atoms with Gasteiger partial charge >= 0.3 is 0 Å². The van der Waals surface area contributed by atoms with Crippen LogP contribution in [0.1, 0.15) is 18.4 Å². The summed E-state index contributed by atoms with van der Waals surface area (Å²) in [6.45, 7) is 1.15. The highest BCUT2D eigenvalue weighted by molar-refractivity contribution is 5.23. The maximum Gasteiger partial charge on any atom is 0.147 e. The molecule has 3 heterocycles. The van der Waals surface area contributed by atoms with Crippen LogP contribution in [0.5, 0.6) is 0 Å². The highest BCUT2D eigenvalue weighted by Crippen LogP contribution is 2.37. The molecule has 2 aliphatic heterocycles. The Hall–Kier alpha value is -1.04. The molecule has 2 N–H and O–H groups in total. The van der Waals surface area contributed by atoms with Gasteiger partial charge in [0.2, 0.25) is 0 Å². The van der Waals surface area contributed by atoms with Gasteiger partial charge in [0.1, 0.15) is 5.82 Å². The van der Waals surface area contributed by atoms with Gasteiger partial charge in [0.25, 0.3) is 0 Å². The molecule has 2 unspecified atom stereocenters. The van der Waals surface area contributed by atoms with E-state index in [9.17, 15) is 9.50 Å². The van der Waals surface area contributed by atoms with Gasteiger partial charge in [0.05, 0.1) is 25.0 Å². The summed E-state index contributed by atoms with van der Waals surface area (Å²) < 4.78 is 19.1. The van der Waals surface area contributed by atoms with Crippen molar-refractivity contribution in [3.63, 3.8) is 0 Å². The molecule has 3 rings (SSSR count). The Kier molecular flexibility index (Phi) is 2.61. The van der Waals surface area contributed by atoms with Crippen LogP contribution in [-0.4, -0.2) is 35.4 Å². The lowest BCUT2D eigenvalue weighted by molar-refractivity contribution is -0.0818.